The van der Waals surface area contributed by atoms with Crippen LogP contribution in [0.25, 0.3) is 0 Å². The van der Waals surface area contributed by atoms with Crippen LogP contribution in [0.3, 0.4) is 0 Å². The van der Waals surface area contributed by atoms with E-state index in [0.29, 0.717) is 5.04 Å². The van der Waals surface area contributed by atoms with Crippen LogP contribution in [-0.4, -0.2) is 7.38 Å². The van der Waals surface area contributed by atoms with Gasteiger partial charge in [0.25, 0.3) is 0 Å². The SMILES string of the molecule is CCCCC(CC)C[Si](Cl)(CC(CC)CCCC)C(C)(C)CCC. The fraction of sp³-hybridized carbons (Fsp3) is 1.00. The third-order valence-electron chi connectivity index (χ3n) is 6.40. The summed E-state index contributed by atoms with van der Waals surface area (Å²) in [6, 6.07) is 2.70. The molecule has 0 aromatic heterocycles. The normalized spacial score (nSPS) is 17.5. The van der Waals surface area contributed by atoms with Crippen LogP contribution < -0.4 is 0 Å². The highest BCUT2D eigenvalue weighted by atomic mass is 35.6. The number of hydrogen-bond acceptors (Lipinski definition) is 0. The number of rotatable bonds is 15. The van der Waals surface area contributed by atoms with E-state index in [-0.39, 0.29) is 0 Å². The van der Waals surface area contributed by atoms with Crippen molar-refractivity contribution < 1.29 is 0 Å². The zero-order chi connectivity index (χ0) is 18.6. The van der Waals surface area contributed by atoms with Gasteiger partial charge in [-0.2, -0.15) is 11.1 Å². The Balaban J connectivity index is 5.25. The van der Waals surface area contributed by atoms with Crippen LogP contribution in [0.15, 0.2) is 0 Å². The fourth-order valence-corrected chi connectivity index (χ4v) is 10.7. The monoisotopic (exact) mass is 374 g/mol. The van der Waals surface area contributed by atoms with E-state index in [4.69, 9.17) is 11.1 Å². The molecular formula is C22H47ClSi. The molecule has 0 aliphatic rings. The van der Waals surface area contributed by atoms with Crippen LogP contribution in [0.4, 0.5) is 0 Å². The second-order valence-corrected chi connectivity index (χ2v) is 15.1. The predicted molar refractivity (Wildman–Crippen MR) is 117 cm³/mol. The lowest BCUT2D eigenvalue weighted by atomic mass is 10.0. The van der Waals surface area contributed by atoms with Crippen molar-refractivity contribution in [1.29, 1.82) is 0 Å². The van der Waals surface area contributed by atoms with Gasteiger partial charge in [-0.05, 0) is 35.4 Å². The zero-order valence-corrected chi connectivity index (χ0v) is 19.8. The smallest absolute Gasteiger partial charge is 0.162 e. The maximum atomic E-state index is 7.65. The molecule has 2 atom stereocenters. The molecular weight excluding hydrogens is 328 g/mol. The van der Waals surface area contributed by atoms with Crippen molar-refractivity contribution in [3.8, 4) is 0 Å². The molecule has 0 aromatic rings. The van der Waals surface area contributed by atoms with Crippen LogP contribution in [0, 0.1) is 11.8 Å². The Bertz CT molecular complexity index is 282. The first-order valence-corrected chi connectivity index (χ1v) is 14.4. The van der Waals surface area contributed by atoms with Crippen molar-refractivity contribution in [2.75, 3.05) is 0 Å². The molecule has 146 valence electrons. The summed E-state index contributed by atoms with van der Waals surface area (Å²) >= 11 is 7.65. The molecule has 0 fully saturated rings. The highest BCUT2D eigenvalue weighted by molar-refractivity contribution is 7.22. The van der Waals surface area contributed by atoms with Gasteiger partial charge in [-0.1, -0.05) is 106 Å². The van der Waals surface area contributed by atoms with Gasteiger partial charge in [0.2, 0.25) is 0 Å². The van der Waals surface area contributed by atoms with Gasteiger partial charge in [0.05, 0.1) is 0 Å². The summed E-state index contributed by atoms with van der Waals surface area (Å²) in [6.45, 7) is 16.7. The fourth-order valence-electron chi connectivity index (χ4n) is 4.29. The maximum Gasteiger partial charge on any atom is 0.162 e. The van der Waals surface area contributed by atoms with Crippen LogP contribution >= 0.6 is 11.1 Å². The van der Waals surface area contributed by atoms with Gasteiger partial charge in [0.15, 0.2) is 7.38 Å². The summed E-state index contributed by atoms with van der Waals surface area (Å²) in [6.07, 6.45) is 13.4. The second kappa shape index (κ2) is 12.8. The summed E-state index contributed by atoms with van der Waals surface area (Å²) < 4.78 is 0. The molecule has 0 heterocycles. The van der Waals surface area contributed by atoms with E-state index >= 15 is 0 Å². The van der Waals surface area contributed by atoms with Crippen molar-refractivity contribution in [3.63, 3.8) is 0 Å². The lowest BCUT2D eigenvalue weighted by Gasteiger charge is -2.44. The van der Waals surface area contributed by atoms with E-state index in [1.165, 1.54) is 76.3 Å². The Morgan fingerprint density at radius 3 is 1.46 bits per heavy atom. The van der Waals surface area contributed by atoms with E-state index in [1.807, 2.05) is 0 Å². The molecule has 0 spiro atoms. The van der Waals surface area contributed by atoms with Crippen LogP contribution in [0.1, 0.15) is 113 Å². The van der Waals surface area contributed by atoms with Gasteiger partial charge in [-0.3, -0.25) is 0 Å². The zero-order valence-electron chi connectivity index (χ0n) is 18.0. The molecule has 0 amide bonds. The Hall–Kier alpha value is 0.507. The minimum atomic E-state index is -1.79. The highest BCUT2D eigenvalue weighted by Crippen LogP contribution is 2.52. The average molecular weight is 375 g/mol. The van der Waals surface area contributed by atoms with Gasteiger partial charge in [-0.25, -0.2) is 0 Å². The highest BCUT2D eigenvalue weighted by Gasteiger charge is 2.47. The molecule has 2 heteroatoms. The molecule has 0 saturated heterocycles. The molecule has 0 saturated carbocycles. The number of unbranched alkanes of at least 4 members (excludes halogenated alkanes) is 2. The molecule has 24 heavy (non-hydrogen) atoms. The summed E-state index contributed by atoms with van der Waals surface area (Å²) in [5.41, 5.74) is 0. The molecule has 0 N–H and O–H groups in total. The van der Waals surface area contributed by atoms with Gasteiger partial charge < -0.3 is 0 Å². The largest absolute Gasteiger partial charge is 0.166 e. The Morgan fingerprint density at radius 2 is 1.17 bits per heavy atom. The van der Waals surface area contributed by atoms with Gasteiger partial charge >= 0.3 is 0 Å². The lowest BCUT2D eigenvalue weighted by Crippen LogP contribution is -2.43. The lowest BCUT2D eigenvalue weighted by molar-refractivity contribution is 0.449. The van der Waals surface area contributed by atoms with Crippen molar-refractivity contribution >= 4 is 18.5 Å². The third kappa shape index (κ3) is 8.26. The second-order valence-electron chi connectivity index (χ2n) is 8.84. The van der Waals surface area contributed by atoms with Gasteiger partial charge in [-0.15, -0.1) is 0 Å². The van der Waals surface area contributed by atoms with Gasteiger partial charge in [0, 0.05) is 0 Å². The molecule has 0 radical (unpaired) electrons. The molecule has 0 aliphatic carbocycles. The molecule has 2 unspecified atom stereocenters. The van der Waals surface area contributed by atoms with E-state index in [0.717, 1.165) is 11.8 Å². The Labute approximate surface area is 160 Å². The first-order valence-electron chi connectivity index (χ1n) is 11.0. The minimum Gasteiger partial charge on any atom is -0.166 e. The van der Waals surface area contributed by atoms with Crippen molar-refractivity contribution in [2.24, 2.45) is 11.8 Å². The first-order chi connectivity index (χ1) is 11.3. The first kappa shape index (κ1) is 24.5. The molecule has 0 rings (SSSR count). The predicted octanol–water partition coefficient (Wildman–Crippen LogP) is 9.18. The van der Waals surface area contributed by atoms with E-state index in [2.05, 4.69) is 48.5 Å². The van der Waals surface area contributed by atoms with E-state index < -0.39 is 7.38 Å². The number of hydrogen-bond donors (Lipinski definition) is 0. The quantitative estimate of drug-likeness (QED) is 0.198. The van der Waals surface area contributed by atoms with Crippen LogP contribution in [-0.2, 0) is 0 Å². The molecule has 0 nitrogen and oxygen atoms in total. The van der Waals surface area contributed by atoms with Gasteiger partial charge in [0.1, 0.15) is 0 Å². The molecule has 0 bridgehead atoms. The Kier molecular flexibility index (Phi) is 13.1. The summed E-state index contributed by atoms with van der Waals surface area (Å²) in [4.78, 5) is 0. The van der Waals surface area contributed by atoms with Crippen LogP contribution in [0.5, 0.6) is 0 Å². The van der Waals surface area contributed by atoms with Crippen LogP contribution in [0.2, 0.25) is 17.1 Å². The number of halogens is 1. The molecule has 0 aromatic carbocycles. The summed E-state index contributed by atoms with van der Waals surface area (Å²) in [7, 11) is -1.79. The average Bonchev–Trinajstić information content (AvgIpc) is 2.55. The minimum absolute atomic E-state index is 0.364. The summed E-state index contributed by atoms with van der Waals surface area (Å²) in [5.74, 6) is 1.71. The maximum absolute atomic E-state index is 7.65. The van der Waals surface area contributed by atoms with Crippen molar-refractivity contribution in [2.45, 2.75) is 130 Å². The molecule has 0 aliphatic heterocycles. The summed E-state index contributed by atoms with van der Waals surface area (Å²) in [5, 5.41) is 0.364. The topological polar surface area (TPSA) is 0 Å². The standard InChI is InChI=1S/C22H47ClSi/c1-8-13-15-20(11-4)18-24(23,22(6,7)17-10-3)19-21(12-5)16-14-9-2/h20-21H,8-19H2,1-7H3. The Morgan fingerprint density at radius 1 is 0.750 bits per heavy atom. The van der Waals surface area contributed by atoms with E-state index in [9.17, 15) is 0 Å². The van der Waals surface area contributed by atoms with E-state index in [1.54, 1.807) is 0 Å². The van der Waals surface area contributed by atoms with Crippen molar-refractivity contribution in [3.05, 3.63) is 0 Å². The third-order valence-corrected chi connectivity index (χ3v) is 14.0. The van der Waals surface area contributed by atoms with Crippen molar-refractivity contribution in [1.82, 2.24) is 0 Å².